The van der Waals surface area contributed by atoms with Gasteiger partial charge in [-0.3, -0.25) is 0 Å². The summed E-state index contributed by atoms with van der Waals surface area (Å²) in [7, 11) is -3.40. The van der Waals surface area contributed by atoms with Crippen LogP contribution in [0.25, 0.3) is 0 Å². The Morgan fingerprint density at radius 1 is 1.26 bits per heavy atom. The van der Waals surface area contributed by atoms with E-state index in [0.29, 0.717) is 23.9 Å². The molecule has 0 amide bonds. The molecule has 0 aliphatic rings. The van der Waals surface area contributed by atoms with Gasteiger partial charge in [0.05, 0.1) is 4.90 Å². The van der Waals surface area contributed by atoms with Crippen LogP contribution in [-0.4, -0.2) is 25.8 Å². The van der Waals surface area contributed by atoms with Crippen LogP contribution in [0.3, 0.4) is 0 Å². The van der Waals surface area contributed by atoms with Gasteiger partial charge in [0, 0.05) is 19.0 Å². The third kappa shape index (κ3) is 3.94. The van der Waals surface area contributed by atoms with Gasteiger partial charge in [0.1, 0.15) is 0 Å². The fraction of sp³-hybridized carbons (Fsp3) is 0.571. The van der Waals surface area contributed by atoms with E-state index in [2.05, 4.69) is 6.92 Å². The molecule has 3 nitrogen and oxygen atoms in total. The van der Waals surface area contributed by atoms with Gasteiger partial charge in [0.15, 0.2) is 0 Å². The fourth-order valence-electron chi connectivity index (χ4n) is 1.88. The summed E-state index contributed by atoms with van der Waals surface area (Å²) in [6.07, 6.45) is 1.86. The van der Waals surface area contributed by atoms with Gasteiger partial charge in [-0.1, -0.05) is 26.3 Å². The average molecular weight is 304 g/mol. The van der Waals surface area contributed by atoms with E-state index in [4.69, 9.17) is 11.6 Å². The molecule has 0 saturated carbocycles. The largest absolute Gasteiger partial charge is 0.243 e. The molecule has 1 aromatic rings. The maximum atomic E-state index is 12.5. The van der Waals surface area contributed by atoms with E-state index < -0.39 is 10.0 Å². The Bertz CT molecular complexity index is 514. The van der Waals surface area contributed by atoms with Crippen molar-refractivity contribution in [3.63, 3.8) is 0 Å². The van der Waals surface area contributed by atoms with Crippen molar-refractivity contribution in [3.8, 4) is 0 Å². The topological polar surface area (TPSA) is 37.4 Å². The molecule has 0 unspecified atom stereocenters. The Labute approximate surface area is 121 Å². The minimum Gasteiger partial charge on any atom is -0.207 e. The summed E-state index contributed by atoms with van der Waals surface area (Å²) in [6, 6.07) is 5.17. The zero-order chi connectivity index (χ0) is 14.5. The predicted molar refractivity (Wildman–Crippen MR) is 80.1 cm³/mol. The molecule has 0 atom stereocenters. The molecule has 0 aromatic heterocycles. The van der Waals surface area contributed by atoms with E-state index in [1.807, 2.05) is 19.9 Å². The first-order valence-corrected chi connectivity index (χ1v) is 8.60. The first-order valence-electron chi connectivity index (χ1n) is 6.63. The number of rotatable bonds is 7. The van der Waals surface area contributed by atoms with Crippen molar-refractivity contribution < 1.29 is 8.42 Å². The van der Waals surface area contributed by atoms with E-state index in [9.17, 15) is 8.42 Å². The summed E-state index contributed by atoms with van der Waals surface area (Å²) >= 11 is 5.84. The lowest BCUT2D eigenvalue weighted by atomic mass is 10.1. The molecule has 0 fully saturated rings. The molecule has 0 radical (unpaired) electrons. The first kappa shape index (κ1) is 16.5. The predicted octanol–water partition coefficient (Wildman–Crippen LogP) is 3.54. The molecular weight excluding hydrogens is 282 g/mol. The summed E-state index contributed by atoms with van der Waals surface area (Å²) in [6.45, 7) is 6.91. The van der Waals surface area contributed by atoms with Gasteiger partial charge in [-0.15, -0.1) is 11.6 Å². The number of alkyl halides is 1. The lowest BCUT2D eigenvalue weighted by Crippen LogP contribution is -2.31. The molecule has 0 saturated heterocycles. The van der Waals surface area contributed by atoms with Gasteiger partial charge >= 0.3 is 0 Å². The van der Waals surface area contributed by atoms with Crippen molar-refractivity contribution in [2.75, 3.05) is 13.1 Å². The summed E-state index contributed by atoms with van der Waals surface area (Å²) in [4.78, 5) is 0.340. The number of benzene rings is 1. The zero-order valence-electron chi connectivity index (χ0n) is 11.8. The monoisotopic (exact) mass is 303 g/mol. The van der Waals surface area contributed by atoms with Crippen LogP contribution >= 0.6 is 11.6 Å². The molecule has 0 aliphatic heterocycles. The van der Waals surface area contributed by atoms with Gasteiger partial charge in [0.2, 0.25) is 10.0 Å². The summed E-state index contributed by atoms with van der Waals surface area (Å²) in [5.74, 6) is 0.330. The number of hydrogen-bond donors (Lipinski definition) is 0. The minimum absolute atomic E-state index is 0.330. The number of unbranched alkanes of at least 4 members (excludes halogenated alkanes) is 1. The van der Waals surface area contributed by atoms with Crippen molar-refractivity contribution in [1.29, 1.82) is 0 Å². The second-order valence-electron chi connectivity index (χ2n) is 4.57. The van der Waals surface area contributed by atoms with Gasteiger partial charge in [-0.05, 0) is 36.6 Å². The summed E-state index contributed by atoms with van der Waals surface area (Å²) in [5, 5.41) is 0. The molecule has 0 N–H and O–H groups in total. The second-order valence-corrected chi connectivity index (χ2v) is 6.78. The van der Waals surface area contributed by atoms with E-state index >= 15 is 0 Å². The number of nitrogens with zero attached hydrogens (tertiary/aromatic N) is 1. The smallest absolute Gasteiger partial charge is 0.207 e. The van der Waals surface area contributed by atoms with Crippen LogP contribution in [0.15, 0.2) is 23.1 Å². The third-order valence-electron chi connectivity index (χ3n) is 3.22. The molecule has 19 heavy (non-hydrogen) atoms. The van der Waals surface area contributed by atoms with Crippen LogP contribution in [-0.2, 0) is 15.9 Å². The molecular formula is C14H22ClNO2S. The molecule has 108 valence electrons. The zero-order valence-corrected chi connectivity index (χ0v) is 13.4. The lowest BCUT2D eigenvalue weighted by Gasteiger charge is -2.20. The number of halogens is 1. The summed E-state index contributed by atoms with van der Waals surface area (Å²) < 4.78 is 26.6. The Kier molecular flexibility index (Phi) is 6.30. The van der Waals surface area contributed by atoms with Crippen LogP contribution in [0, 0.1) is 6.92 Å². The van der Waals surface area contributed by atoms with Crippen LogP contribution in [0.1, 0.15) is 37.8 Å². The molecule has 0 aliphatic carbocycles. The number of sulfonamides is 1. The van der Waals surface area contributed by atoms with Crippen molar-refractivity contribution in [1.82, 2.24) is 4.31 Å². The highest BCUT2D eigenvalue weighted by atomic mass is 35.5. The highest BCUT2D eigenvalue weighted by molar-refractivity contribution is 7.89. The maximum absolute atomic E-state index is 12.5. The number of aryl methyl sites for hydroxylation is 1. The minimum atomic E-state index is -3.40. The average Bonchev–Trinajstić information content (AvgIpc) is 2.39. The molecule has 1 rings (SSSR count). The fourth-order valence-corrected chi connectivity index (χ4v) is 3.71. The highest BCUT2D eigenvalue weighted by Gasteiger charge is 2.22. The molecule has 5 heteroatoms. The van der Waals surface area contributed by atoms with Crippen molar-refractivity contribution in [3.05, 3.63) is 29.3 Å². The quantitative estimate of drug-likeness (QED) is 0.722. The highest BCUT2D eigenvalue weighted by Crippen LogP contribution is 2.21. The van der Waals surface area contributed by atoms with Gasteiger partial charge in [-0.2, -0.15) is 4.31 Å². The Hall–Kier alpha value is -0.580. The van der Waals surface area contributed by atoms with Crippen molar-refractivity contribution in [2.45, 2.75) is 44.4 Å². The standard InChI is InChI=1S/C14H22ClNO2S/c1-4-6-9-16(5-2)19(17,18)14-8-7-12(3)13(10-14)11-15/h7-8,10H,4-6,9,11H2,1-3H3. The molecule has 0 spiro atoms. The van der Waals surface area contributed by atoms with Crippen molar-refractivity contribution >= 4 is 21.6 Å². The molecule has 0 heterocycles. The van der Waals surface area contributed by atoms with E-state index in [1.54, 1.807) is 12.1 Å². The SMILES string of the molecule is CCCCN(CC)S(=O)(=O)c1ccc(C)c(CCl)c1. The number of hydrogen-bond acceptors (Lipinski definition) is 2. The summed E-state index contributed by atoms with van der Waals surface area (Å²) in [5.41, 5.74) is 1.89. The van der Waals surface area contributed by atoms with Crippen molar-refractivity contribution in [2.24, 2.45) is 0 Å². The van der Waals surface area contributed by atoms with E-state index in [-0.39, 0.29) is 0 Å². The second kappa shape index (κ2) is 7.27. The first-order chi connectivity index (χ1) is 8.97. The maximum Gasteiger partial charge on any atom is 0.243 e. The Morgan fingerprint density at radius 3 is 2.47 bits per heavy atom. The van der Waals surface area contributed by atoms with Gasteiger partial charge in [0.25, 0.3) is 0 Å². The van der Waals surface area contributed by atoms with Crippen LogP contribution in [0.2, 0.25) is 0 Å². The van der Waals surface area contributed by atoms with Crippen LogP contribution in [0.5, 0.6) is 0 Å². The Morgan fingerprint density at radius 2 is 1.95 bits per heavy atom. The van der Waals surface area contributed by atoms with Gasteiger partial charge < -0.3 is 0 Å². The van der Waals surface area contributed by atoms with E-state index in [1.165, 1.54) is 4.31 Å². The molecule has 0 bridgehead atoms. The van der Waals surface area contributed by atoms with Crippen LogP contribution < -0.4 is 0 Å². The van der Waals surface area contributed by atoms with Crippen LogP contribution in [0.4, 0.5) is 0 Å². The third-order valence-corrected chi connectivity index (χ3v) is 5.47. The van der Waals surface area contributed by atoms with E-state index in [0.717, 1.165) is 24.0 Å². The molecule has 1 aromatic carbocycles. The van der Waals surface area contributed by atoms with Gasteiger partial charge in [-0.25, -0.2) is 8.42 Å². The lowest BCUT2D eigenvalue weighted by molar-refractivity contribution is 0.419. The normalized spacial score (nSPS) is 12.1. The Balaban J connectivity index is 3.11.